The van der Waals surface area contributed by atoms with E-state index in [-0.39, 0.29) is 30.8 Å². The first-order valence-electron chi connectivity index (χ1n) is 8.29. The average Bonchev–Trinajstić information content (AvgIpc) is 3.15. The monoisotopic (exact) mass is 375 g/mol. The van der Waals surface area contributed by atoms with Crippen molar-refractivity contribution >= 4 is 35.6 Å². The van der Waals surface area contributed by atoms with Gasteiger partial charge in [-0.1, -0.05) is 12.1 Å². The maximum atomic E-state index is 12.2. The van der Waals surface area contributed by atoms with E-state index in [1.807, 2.05) is 4.90 Å². The third-order valence-corrected chi connectivity index (χ3v) is 4.06. The quantitative estimate of drug-likeness (QED) is 0.787. The molecule has 1 saturated heterocycles. The van der Waals surface area contributed by atoms with Gasteiger partial charge < -0.3 is 20.7 Å². The summed E-state index contributed by atoms with van der Waals surface area (Å²) in [4.78, 5) is 26.1. The summed E-state index contributed by atoms with van der Waals surface area (Å²) in [6.45, 7) is 1.61. The minimum absolute atomic E-state index is 0. The van der Waals surface area contributed by atoms with Crippen molar-refractivity contribution in [3.63, 3.8) is 0 Å². The van der Waals surface area contributed by atoms with Gasteiger partial charge in [-0.05, 0) is 43.2 Å². The number of nitrogen functional groups attached to an aromatic ring is 1. The molecule has 2 aromatic carbocycles. The van der Waals surface area contributed by atoms with E-state index in [4.69, 9.17) is 10.5 Å². The number of nitrogens with zero attached hydrogens (tertiary/aromatic N) is 1. The van der Waals surface area contributed by atoms with Gasteiger partial charge in [0.05, 0.1) is 0 Å². The van der Waals surface area contributed by atoms with Crippen molar-refractivity contribution in [1.29, 1.82) is 0 Å². The lowest BCUT2D eigenvalue weighted by Gasteiger charge is -2.15. The van der Waals surface area contributed by atoms with Crippen molar-refractivity contribution < 1.29 is 14.3 Å². The minimum Gasteiger partial charge on any atom is -0.484 e. The number of nitrogens with one attached hydrogen (secondary N) is 1. The maximum absolute atomic E-state index is 12.2. The summed E-state index contributed by atoms with van der Waals surface area (Å²) in [5, 5.41) is 2.80. The first kappa shape index (κ1) is 19.6. The van der Waals surface area contributed by atoms with Crippen LogP contribution in [0, 0.1) is 0 Å². The molecule has 1 heterocycles. The van der Waals surface area contributed by atoms with Gasteiger partial charge in [0.1, 0.15) is 5.75 Å². The fraction of sp³-hybridized carbons (Fsp3) is 0.263. The van der Waals surface area contributed by atoms with Crippen LogP contribution in [0.25, 0.3) is 0 Å². The van der Waals surface area contributed by atoms with Crippen molar-refractivity contribution in [3.05, 3.63) is 54.1 Å². The standard InChI is InChI=1S/C19H21N3O3.ClH/c20-15-6-3-5-14(11-15)19(24)21-16-7-4-8-17(12-16)25-13-18(23)22-9-1-2-10-22;/h3-8,11-12H,1-2,9-10,13,20H2,(H,21,24);1H. The fourth-order valence-electron chi connectivity index (χ4n) is 2.75. The van der Waals surface area contributed by atoms with Crippen LogP contribution in [-0.4, -0.2) is 36.4 Å². The number of hydrogen-bond donors (Lipinski definition) is 2. The summed E-state index contributed by atoms with van der Waals surface area (Å²) < 4.78 is 5.56. The molecule has 3 N–H and O–H groups in total. The zero-order valence-electron chi connectivity index (χ0n) is 14.3. The smallest absolute Gasteiger partial charge is 0.260 e. The molecule has 1 aliphatic rings. The predicted octanol–water partition coefficient (Wildman–Crippen LogP) is 2.94. The van der Waals surface area contributed by atoms with E-state index >= 15 is 0 Å². The Bertz CT molecular complexity index is 776. The topological polar surface area (TPSA) is 84.7 Å². The highest BCUT2D eigenvalue weighted by Gasteiger charge is 2.18. The molecule has 1 aliphatic heterocycles. The molecule has 0 aromatic heterocycles. The van der Waals surface area contributed by atoms with Gasteiger partial charge in [-0.25, -0.2) is 0 Å². The Balaban J connectivity index is 0.00000243. The second-order valence-electron chi connectivity index (χ2n) is 5.98. The summed E-state index contributed by atoms with van der Waals surface area (Å²) >= 11 is 0. The van der Waals surface area contributed by atoms with E-state index in [9.17, 15) is 9.59 Å². The van der Waals surface area contributed by atoms with Gasteiger partial charge >= 0.3 is 0 Å². The molecule has 0 saturated carbocycles. The van der Waals surface area contributed by atoms with E-state index in [1.165, 1.54) is 0 Å². The summed E-state index contributed by atoms with van der Waals surface area (Å²) in [5.74, 6) is 0.280. The zero-order valence-corrected chi connectivity index (χ0v) is 15.1. The van der Waals surface area contributed by atoms with E-state index < -0.39 is 0 Å². The van der Waals surface area contributed by atoms with Crippen LogP contribution in [0.4, 0.5) is 11.4 Å². The Kier molecular flexibility index (Phi) is 6.86. The maximum Gasteiger partial charge on any atom is 0.260 e. The highest BCUT2D eigenvalue weighted by atomic mass is 35.5. The molecule has 0 radical (unpaired) electrons. The molecular formula is C19H22ClN3O3. The van der Waals surface area contributed by atoms with Crippen LogP contribution >= 0.6 is 12.4 Å². The van der Waals surface area contributed by atoms with Crippen molar-refractivity contribution in [1.82, 2.24) is 4.90 Å². The van der Waals surface area contributed by atoms with E-state index in [1.54, 1.807) is 48.5 Å². The van der Waals surface area contributed by atoms with Gasteiger partial charge in [0.2, 0.25) is 0 Å². The third-order valence-electron chi connectivity index (χ3n) is 4.06. The number of carbonyl (C=O) groups excluding carboxylic acids is 2. The van der Waals surface area contributed by atoms with Gasteiger partial charge in [-0.15, -0.1) is 12.4 Å². The van der Waals surface area contributed by atoms with E-state index in [0.29, 0.717) is 22.7 Å². The van der Waals surface area contributed by atoms with Crippen molar-refractivity contribution in [3.8, 4) is 5.75 Å². The largest absolute Gasteiger partial charge is 0.484 e. The van der Waals surface area contributed by atoms with Crippen molar-refractivity contribution in [2.24, 2.45) is 0 Å². The number of halogens is 1. The summed E-state index contributed by atoms with van der Waals surface area (Å²) in [6.07, 6.45) is 2.11. The summed E-state index contributed by atoms with van der Waals surface area (Å²) in [6, 6.07) is 13.8. The Morgan fingerprint density at radius 1 is 1.08 bits per heavy atom. The van der Waals surface area contributed by atoms with Gasteiger partial charge in [-0.3, -0.25) is 9.59 Å². The van der Waals surface area contributed by atoms with Crippen LogP contribution in [0.1, 0.15) is 23.2 Å². The molecule has 0 bridgehead atoms. The molecule has 2 amide bonds. The number of carbonyl (C=O) groups is 2. The number of nitrogens with two attached hydrogens (primary N) is 1. The molecule has 0 spiro atoms. The number of anilines is 2. The van der Waals surface area contributed by atoms with Crippen molar-refractivity contribution in [2.75, 3.05) is 30.7 Å². The van der Waals surface area contributed by atoms with Crippen LogP contribution in [0.3, 0.4) is 0 Å². The van der Waals surface area contributed by atoms with E-state index in [2.05, 4.69) is 5.32 Å². The summed E-state index contributed by atoms with van der Waals surface area (Å²) in [7, 11) is 0. The van der Waals surface area contributed by atoms with Crippen LogP contribution in [-0.2, 0) is 4.79 Å². The Hall–Kier alpha value is -2.73. The highest BCUT2D eigenvalue weighted by molar-refractivity contribution is 6.04. The molecule has 138 valence electrons. The number of hydrogen-bond acceptors (Lipinski definition) is 4. The average molecular weight is 376 g/mol. The van der Waals surface area contributed by atoms with Crippen LogP contribution in [0.2, 0.25) is 0 Å². The second-order valence-corrected chi connectivity index (χ2v) is 5.98. The molecule has 3 rings (SSSR count). The lowest BCUT2D eigenvalue weighted by atomic mass is 10.2. The lowest BCUT2D eigenvalue weighted by Crippen LogP contribution is -2.32. The highest BCUT2D eigenvalue weighted by Crippen LogP contribution is 2.19. The molecule has 0 unspecified atom stereocenters. The fourth-order valence-corrected chi connectivity index (χ4v) is 2.75. The number of likely N-dealkylation sites (tertiary alicyclic amines) is 1. The minimum atomic E-state index is -0.252. The summed E-state index contributed by atoms with van der Waals surface area (Å²) in [5.41, 5.74) is 7.31. The first-order chi connectivity index (χ1) is 12.1. The molecule has 6 nitrogen and oxygen atoms in total. The Morgan fingerprint density at radius 3 is 2.54 bits per heavy atom. The molecule has 1 fully saturated rings. The number of ether oxygens (including phenoxy) is 1. The molecule has 0 aliphatic carbocycles. The third kappa shape index (κ3) is 5.13. The predicted molar refractivity (Wildman–Crippen MR) is 104 cm³/mol. The second kappa shape index (κ2) is 9.10. The molecular weight excluding hydrogens is 354 g/mol. The molecule has 0 atom stereocenters. The van der Waals surface area contributed by atoms with Crippen LogP contribution in [0.15, 0.2) is 48.5 Å². The zero-order chi connectivity index (χ0) is 17.6. The van der Waals surface area contributed by atoms with Crippen LogP contribution in [0.5, 0.6) is 5.75 Å². The SMILES string of the molecule is Cl.Nc1cccc(C(=O)Nc2cccc(OCC(=O)N3CCCC3)c2)c1. The van der Waals surface area contributed by atoms with E-state index in [0.717, 1.165) is 25.9 Å². The molecule has 7 heteroatoms. The van der Waals surface area contributed by atoms with Gasteiger partial charge in [0, 0.05) is 36.1 Å². The molecule has 2 aromatic rings. The Morgan fingerprint density at radius 2 is 1.81 bits per heavy atom. The first-order valence-corrected chi connectivity index (χ1v) is 8.29. The Labute approximate surface area is 158 Å². The number of amides is 2. The van der Waals surface area contributed by atoms with Gasteiger partial charge in [-0.2, -0.15) is 0 Å². The van der Waals surface area contributed by atoms with Gasteiger partial charge in [0.25, 0.3) is 11.8 Å². The normalized spacial score (nSPS) is 13.0. The number of benzene rings is 2. The van der Waals surface area contributed by atoms with Crippen molar-refractivity contribution in [2.45, 2.75) is 12.8 Å². The van der Waals surface area contributed by atoms with Crippen LogP contribution < -0.4 is 15.8 Å². The number of rotatable bonds is 5. The van der Waals surface area contributed by atoms with Gasteiger partial charge in [0.15, 0.2) is 6.61 Å². The molecule has 26 heavy (non-hydrogen) atoms. The lowest BCUT2D eigenvalue weighted by molar-refractivity contribution is -0.132.